The van der Waals surface area contributed by atoms with Crippen LogP contribution in [0.3, 0.4) is 0 Å². The van der Waals surface area contributed by atoms with Gasteiger partial charge >= 0.3 is 0 Å². The molecule has 0 spiro atoms. The van der Waals surface area contributed by atoms with Gasteiger partial charge in [-0.2, -0.15) is 5.10 Å². The minimum Gasteiger partial charge on any atom is -0.343 e. The number of hydrogen-bond donors (Lipinski definition) is 2. The van der Waals surface area contributed by atoms with Crippen molar-refractivity contribution in [3.05, 3.63) is 190 Å². The lowest BCUT2D eigenvalue weighted by Crippen LogP contribution is -2.38. The number of hydrogen-bond acceptors (Lipinski definition) is 4. The summed E-state index contributed by atoms with van der Waals surface area (Å²) in [6.45, 7) is 1.95. The second-order valence-electron chi connectivity index (χ2n) is 12.5. The SMILES string of the molecule is CC(NC(=O)c1nc2cc3c(-c4ccc(=O)n(C)c4)nn(C(c4ccccc4)(c4ccccc4)c4ccccc4)c3cc2[nH]1)c1ccccc1. The molecule has 0 aliphatic heterocycles. The molecule has 5 aromatic carbocycles. The number of amides is 1. The third kappa shape index (κ3) is 5.18. The van der Waals surface area contributed by atoms with Crippen molar-refractivity contribution in [2.45, 2.75) is 18.5 Å². The molecule has 0 fully saturated rings. The van der Waals surface area contributed by atoms with Crippen LogP contribution < -0.4 is 10.9 Å². The Morgan fingerprint density at radius 3 is 1.88 bits per heavy atom. The number of imidazole rings is 1. The number of aromatic nitrogens is 5. The molecule has 0 saturated carbocycles. The fraction of sp³-hybridized carbons (Fsp3) is 0.0952. The minimum atomic E-state index is -0.903. The van der Waals surface area contributed by atoms with Crippen LogP contribution in [0, 0.1) is 0 Å². The summed E-state index contributed by atoms with van der Waals surface area (Å²) < 4.78 is 3.64. The van der Waals surface area contributed by atoms with Crippen molar-refractivity contribution in [2.24, 2.45) is 7.05 Å². The van der Waals surface area contributed by atoms with Crippen molar-refractivity contribution in [1.82, 2.24) is 29.6 Å². The van der Waals surface area contributed by atoms with Gasteiger partial charge in [0.2, 0.25) is 5.56 Å². The van der Waals surface area contributed by atoms with E-state index in [9.17, 15) is 9.59 Å². The highest BCUT2D eigenvalue weighted by Gasteiger charge is 2.41. The second-order valence-corrected chi connectivity index (χ2v) is 12.5. The summed E-state index contributed by atoms with van der Waals surface area (Å²) >= 11 is 0. The molecule has 2 N–H and O–H groups in total. The summed E-state index contributed by atoms with van der Waals surface area (Å²) in [6.07, 6.45) is 1.81. The zero-order valence-corrected chi connectivity index (χ0v) is 27.6. The quantitative estimate of drug-likeness (QED) is 0.165. The monoisotopic (exact) mass is 654 g/mol. The fourth-order valence-electron chi connectivity index (χ4n) is 6.92. The van der Waals surface area contributed by atoms with Crippen molar-refractivity contribution in [3.63, 3.8) is 0 Å². The van der Waals surface area contributed by atoms with Crippen LogP contribution in [-0.4, -0.2) is 30.2 Å². The van der Waals surface area contributed by atoms with E-state index in [-0.39, 0.29) is 23.3 Å². The van der Waals surface area contributed by atoms with Crippen molar-refractivity contribution < 1.29 is 4.79 Å². The van der Waals surface area contributed by atoms with Gasteiger partial charge in [-0.15, -0.1) is 0 Å². The molecule has 8 aromatic rings. The van der Waals surface area contributed by atoms with Crippen LogP contribution in [0.15, 0.2) is 157 Å². The number of fused-ring (bicyclic) bond motifs is 2. The van der Waals surface area contributed by atoms with Gasteiger partial charge in [-0.3, -0.25) is 9.59 Å². The molecule has 3 heterocycles. The van der Waals surface area contributed by atoms with E-state index in [1.54, 1.807) is 17.7 Å². The summed E-state index contributed by atoms with van der Waals surface area (Å²) in [5.41, 5.74) is 6.68. The van der Waals surface area contributed by atoms with E-state index in [4.69, 9.17) is 10.1 Å². The van der Waals surface area contributed by atoms with E-state index in [0.29, 0.717) is 16.7 Å². The number of rotatable bonds is 8. The Labute approximate surface area is 288 Å². The third-order valence-electron chi connectivity index (χ3n) is 9.40. The lowest BCUT2D eigenvalue weighted by molar-refractivity contribution is 0.0930. The van der Waals surface area contributed by atoms with Crippen LogP contribution in [0.25, 0.3) is 33.2 Å². The Morgan fingerprint density at radius 1 is 0.760 bits per heavy atom. The highest BCUT2D eigenvalue weighted by Crippen LogP contribution is 2.44. The van der Waals surface area contributed by atoms with Gasteiger partial charge < -0.3 is 14.9 Å². The van der Waals surface area contributed by atoms with Gasteiger partial charge in [0.15, 0.2) is 5.82 Å². The van der Waals surface area contributed by atoms with Crippen LogP contribution in [0.1, 0.15) is 45.8 Å². The Kier molecular flexibility index (Phi) is 7.68. The summed E-state index contributed by atoms with van der Waals surface area (Å²) in [5, 5.41) is 9.35. The molecule has 0 radical (unpaired) electrons. The van der Waals surface area contributed by atoms with Gasteiger partial charge in [0, 0.05) is 30.3 Å². The van der Waals surface area contributed by atoms with Crippen LogP contribution in [0.4, 0.5) is 0 Å². The molecule has 50 heavy (non-hydrogen) atoms. The first-order chi connectivity index (χ1) is 24.4. The molecule has 1 amide bonds. The van der Waals surface area contributed by atoms with Gasteiger partial charge in [-0.1, -0.05) is 121 Å². The minimum absolute atomic E-state index is 0.111. The van der Waals surface area contributed by atoms with Crippen LogP contribution in [0.2, 0.25) is 0 Å². The number of pyridine rings is 1. The van der Waals surface area contributed by atoms with Gasteiger partial charge in [0.05, 0.1) is 22.6 Å². The van der Waals surface area contributed by atoms with Gasteiger partial charge in [-0.25, -0.2) is 9.67 Å². The molecule has 1 unspecified atom stereocenters. The number of nitrogens with zero attached hydrogens (tertiary/aromatic N) is 4. The predicted octanol–water partition coefficient (Wildman–Crippen LogP) is 7.61. The predicted molar refractivity (Wildman–Crippen MR) is 197 cm³/mol. The molecule has 244 valence electrons. The zero-order valence-electron chi connectivity index (χ0n) is 27.6. The van der Waals surface area contributed by atoms with Crippen LogP contribution in [-0.2, 0) is 12.6 Å². The first kappa shape index (κ1) is 30.8. The number of aromatic amines is 1. The molecule has 0 saturated heterocycles. The van der Waals surface area contributed by atoms with E-state index < -0.39 is 5.54 Å². The summed E-state index contributed by atoms with van der Waals surface area (Å²) in [5.74, 6) is -0.0761. The zero-order chi connectivity index (χ0) is 34.2. The molecule has 0 aliphatic rings. The highest BCUT2D eigenvalue weighted by molar-refractivity contribution is 6.03. The van der Waals surface area contributed by atoms with Crippen molar-refractivity contribution in [1.29, 1.82) is 0 Å². The van der Waals surface area contributed by atoms with E-state index in [1.165, 1.54) is 0 Å². The average molecular weight is 655 g/mol. The first-order valence-electron chi connectivity index (χ1n) is 16.6. The second kappa shape index (κ2) is 12.5. The van der Waals surface area contributed by atoms with Crippen molar-refractivity contribution >= 4 is 27.8 Å². The number of aryl methyl sites for hydroxylation is 1. The third-order valence-corrected chi connectivity index (χ3v) is 9.40. The molecule has 8 rings (SSSR count). The van der Waals surface area contributed by atoms with Gasteiger partial charge in [-0.05, 0) is 47.4 Å². The highest BCUT2D eigenvalue weighted by atomic mass is 16.2. The van der Waals surface area contributed by atoms with Gasteiger partial charge in [0.1, 0.15) is 11.2 Å². The van der Waals surface area contributed by atoms with Crippen LogP contribution in [0.5, 0.6) is 0 Å². The van der Waals surface area contributed by atoms with E-state index in [0.717, 1.165) is 38.7 Å². The molecule has 3 aromatic heterocycles. The van der Waals surface area contributed by atoms with Gasteiger partial charge in [0.25, 0.3) is 5.91 Å². The molecule has 0 bridgehead atoms. The molecule has 8 heteroatoms. The Morgan fingerprint density at radius 2 is 1.32 bits per heavy atom. The molecular weight excluding hydrogens is 621 g/mol. The normalized spacial score (nSPS) is 12.3. The smallest absolute Gasteiger partial charge is 0.287 e. The summed E-state index contributed by atoms with van der Waals surface area (Å²) in [4.78, 5) is 34.1. The molecule has 8 nitrogen and oxygen atoms in total. The van der Waals surface area contributed by atoms with E-state index >= 15 is 0 Å². The number of H-pyrrole nitrogens is 1. The Balaban J connectivity index is 1.41. The molecule has 0 aliphatic carbocycles. The maximum atomic E-state index is 13.5. The largest absolute Gasteiger partial charge is 0.343 e. The van der Waals surface area contributed by atoms with Crippen LogP contribution >= 0.6 is 0 Å². The van der Waals surface area contributed by atoms with Crippen molar-refractivity contribution in [3.8, 4) is 11.3 Å². The van der Waals surface area contributed by atoms with E-state index in [1.807, 2.05) is 116 Å². The summed E-state index contributed by atoms with van der Waals surface area (Å²) in [6, 6.07) is 48.1. The number of carbonyl (C=O) groups is 1. The Hall–Kier alpha value is -6.54. The standard InChI is InChI=1S/C42H34N6O2/c1-28(29-15-7-3-8-16-29)43-41(50)40-44-35-25-34-37(26-36(35)45-40)48(46-39(34)30-23-24-38(49)47(2)27-30)42(31-17-9-4-10-18-31,32-19-11-5-12-20-32)33-21-13-6-14-22-33/h3-28H,1-2H3,(H,43,50)(H,44,45). The van der Waals surface area contributed by atoms with Crippen molar-refractivity contribution in [2.75, 3.05) is 0 Å². The lowest BCUT2D eigenvalue weighted by Gasteiger charge is -2.37. The number of nitrogens with one attached hydrogen (secondary N) is 2. The maximum absolute atomic E-state index is 13.5. The summed E-state index contributed by atoms with van der Waals surface area (Å²) in [7, 11) is 1.74. The number of carbonyl (C=O) groups excluding carboxylic acids is 1. The van der Waals surface area contributed by atoms with E-state index in [2.05, 4.69) is 51.4 Å². The Bertz CT molecular complexity index is 2420. The molecular formula is C42H34N6O2. The lowest BCUT2D eigenvalue weighted by atomic mass is 9.77. The maximum Gasteiger partial charge on any atom is 0.287 e. The average Bonchev–Trinajstić information content (AvgIpc) is 3.75. The first-order valence-corrected chi connectivity index (χ1v) is 16.6. The number of benzene rings is 5. The fourth-order valence-corrected chi connectivity index (χ4v) is 6.92. The topological polar surface area (TPSA) is 97.6 Å². The molecule has 1 atom stereocenters.